The third-order valence-corrected chi connectivity index (χ3v) is 2.97. The van der Waals surface area contributed by atoms with Gasteiger partial charge in [-0.3, -0.25) is 0 Å². The van der Waals surface area contributed by atoms with Gasteiger partial charge in [0, 0.05) is 5.56 Å². The number of methoxy groups -OCH3 is 1. The Balaban J connectivity index is 0.00000176. The van der Waals surface area contributed by atoms with Crippen LogP contribution < -0.4 is 21.9 Å². The zero-order valence-electron chi connectivity index (χ0n) is 11.6. The number of nitrogens with zero attached hydrogens (tertiary/aromatic N) is 4. The zero-order chi connectivity index (χ0) is 15.0. The Kier molecular flexibility index (Phi) is 4.13. The average molecular weight is 320 g/mol. The summed E-state index contributed by atoms with van der Waals surface area (Å²) in [4.78, 5) is 16.4. The van der Waals surface area contributed by atoms with Gasteiger partial charge in [-0.2, -0.15) is 9.97 Å². The lowest BCUT2D eigenvalue weighted by Crippen LogP contribution is -2.06. The van der Waals surface area contributed by atoms with E-state index < -0.39 is 0 Å². The van der Waals surface area contributed by atoms with Gasteiger partial charge in [-0.25, -0.2) is 9.97 Å². The number of halogens is 1. The van der Waals surface area contributed by atoms with Crippen molar-refractivity contribution in [3.8, 4) is 17.0 Å². The van der Waals surface area contributed by atoms with Crippen molar-refractivity contribution >= 4 is 41.2 Å². The summed E-state index contributed by atoms with van der Waals surface area (Å²) < 4.78 is 5.12. The second kappa shape index (κ2) is 5.86. The summed E-state index contributed by atoms with van der Waals surface area (Å²) in [5.74, 6) is 1.18. The molecule has 3 rings (SSSR count). The highest BCUT2D eigenvalue weighted by atomic mass is 35.5. The maximum Gasteiger partial charge on any atom is 0.224 e. The van der Waals surface area contributed by atoms with Crippen LogP contribution in [0.1, 0.15) is 0 Å². The third-order valence-electron chi connectivity index (χ3n) is 2.97. The van der Waals surface area contributed by atoms with Gasteiger partial charge in [0.2, 0.25) is 5.95 Å². The van der Waals surface area contributed by atoms with Crippen LogP contribution in [0.25, 0.3) is 22.4 Å². The van der Waals surface area contributed by atoms with Crippen LogP contribution in [-0.4, -0.2) is 27.0 Å². The number of ether oxygens (including phenoxy) is 1. The summed E-state index contributed by atoms with van der Waals surface area (Å²) in [6.45, 7) is 0. The Morgan fingerprint density at radius 2 is 1.55 bits per heavy atom. The molecule has 0 amide bonds. The van der Waals surface area contributed by atoms with E-state index in [1.165, 1.54) is 0 Å². The van der Waals surface area contributed by atoms with E-state index in [2.05, 4.69) is 19.9 Å². The fraction of sp³-hybridized carbons (Fsp3) is 0.0769. The molecule has 0 aliphatic heterocycles. The number of anilines is 3. The van der Waals surface area contributed by atoms with Gasteiger partial charge >= 0.3 is 0 Å². The van der Waals surface area contributed by atoms with E-state index in [1.807, 2.05) is 24.3 Å². The monoisotopic (exact) mass is 319 g/mol. The number of nitrogens with two attached hydrogens (primary N) is 3. The lowest BCUT2D eigenvalue weighted by atomic mass is 10.1. The van der Waals surface area contributed by atoms with Gasteiger partial charge in [-0.05, 0) is 24.3 Å². The number of aromatic nitrogens is 4. The quantitative estimate of drug-likeness (QED) is 0.641. The summed E-state index contributed by atoms with van der Waals surface area (Å²) >= 11 is 0. The minimum absolute atomic E-state index is 0. The molecule has 2 aromatic heterocycles. The van der Waals surface area contributed by atoms with Gasteiger partial charge in [-0.15, -0.1) is 12.4 Å². The summed E-state index contributed by atoms with van der Waals surface area (Å²) in [6, 6.07) is 7.28. The van der Waals surface area contributed by atoms with E-state index in [1.54, 1.807) is 7.11 Å². The van der Waals surface area contributed by atoms with Crippen molar-refractivity contribution < 1.29 is 4.74 Å². The van der Waals surface area contributed by atoms with Gasteiger partial charge in [-0.1, -0.05) is 0 Å². The van der Waals surface area contributed by atoms with E-state index in [4.69, 9.17) is 21.9 Å². The minimum atomic E-state index is 0. The fourth-order valence-corrected chi connectivity index (χ4v) is 1.96. The molecule has 6 N–H and O–H groups in total. The lowest BCUT2D eigenvalue weighted by Gasteiger charge is -2.08. The lowest BCUT2D eigenvalue weighted by molar-refractivity contribution is 0.415. The molecule has 9 heteroatoms. The molecule has 0 bridgehead atoms. The predicted molar refractivity (Wildman–Crippen MR) is 87.6 cm³/mol. The Morgan fingerprint density at radius 1 is 0.864 bits per heavy atom. The SMILES string of the molecule is COc1ccc(-c2nc3c(N)nc(N)nc3nc2N)cc1.Cl. The van der Waals surface area contributed by atoms with Crippen LogP contribution in [0.5, 0.6) is 5.75 Å². The molecule has 0 saturated heterocycles. The molecule has 0 radical (unpaired) electrons. The van der Waals surface area contributed by atoms with E-state index in [0.717, 1.165) is 11.3 Å². The second-order valence-electron chi connectivity index (χ2n) is 4.33. The van der Waals surface area contributed by atoms with Gasteiger partial charge in [0.25, 0.3) is 0 Å². The Bertz CT molecular complexity index is 823. The maximum absolute atomic E-state index is 5.94. The first-order valence-electron chi connectivity index (χ1n) is 6.09. The summed E-state index contributed by atoms with van der Waals surface area (Å²) in [5, 5.41) is 0. The van der Waals surface area contributed by atoms with Crippen molar-refractivity contribution in [2.45, 2.75) is 0 Å². The largest absolute Gasteiger partial charge is 0.497 e. The fourth-order valence-electron chi connectivity index (χ4n) is 1.96. The van der Waals surface area contributed by atoms with Crippen LogP contribution in [-0.2, 0) is 0 Å². The molecule has 2 heterocycles. The van der Waals surface area contributed by atoms with Crippen molar-refractivity contribution in [3.05, 3.63) is 24.3 Å². The van der Waals surface area contributed by atoms with Gasteiger partial charge in [0.05, 0.1) is 7.11 Å². The highest BCUT2D eigenvalue weighted by Gasteiger charge is 2.13. The van der Waals surface area contributed by atoms with Gasteiger partial charge in [0.1, 0.15) is 11.4 Å². The van der Waals surface area contributed by atoms with Crippen LogP contribution >= 0.6 is 12.4 Å². The average Bonchev–Trinajstić information content (AvgIpc) is 2.46. The number of benzene rings is 1. The van der Waals surface area contributed by atoms with E-state index in [0.29, 0.717) is 11.2 Å². The van der Waals surface area contributed by atoms with Crippen molar-refractivity contribution in [3.63, 3.8) is 0 Å². The van der Waals surface area contributed by atoms with Gasteiger partial charge < -0.3 is 21.9 Å². The molecule has 0 spiro atoms. The van der Waals surface area contributed by atoms with Crippen LogP contribution in [0.3, 0.4) is 0 Å². The smallest absolute Gasteiger partial charge is 0.224 e. The Labute approximate surface area is 132 Å². The predicted octanol–water partition coefficient (Wildman–Crippen LogP) is 1.26. The highest BCUT2D eigenvalue weighted by Crippen LogP contribution is 2.27. The van der Waals surface area contributed by atoms with Crippen LogP contribution in [0, 0.1) is 0 Å². The molecular formula is C13H14ClN7O. The first kappa shape index (κ1) is 15.5. The topological polar surface area (TPSA) is 139 Å². The van der Waals surface area contributed by atoms with E-state index in [-0.39, 0.29) is 35.6 Å². The molecule has 114 valence electrons. The zero-order valence-corrected chi connectivity index (χ0v) is 12.5. The second-order valence-corrected chi connectivity index (χ2v) is 4.33. The molecular weight excluding hydrogens is 306 g/mol. The van der Waals surface area contributed by atoms with Crippen LogP contribution in [0.4, 0.5) is 17.6 Å². The Morgan fingerprint density at radius 3 is 2.18 bits per heavy atom. The Hall–Kier alpha value is -2.87. The molecule has 22 heavy (non-hydrogen) atoms. The minimum Gasteiger partial charge on any atom is -0.497 e. The van der Waals surface area contributed by atoms with Crippen LogP contribution in [0.15, 0.2) is 24.3 Å². The molecule has 0 fully saturated rings. The number of nitrogen functional groups attached to an aromatic ring is 3. The van der Waals surface area contributed by atoms with Gasteiger partial charge in [0.15, 0.2) is 22.8 Å². The standard InChI is InChI=1S/C13H13N7O.ClH/c1-21-7-4-2-6(3-5-7)8-10(14)18-12-9(17-8)11(15)19-13(16)20-12;/h2-5H,1H3,(H6,14,15,16,18,19,20);1H. The number of rotatable bonds is 2. The number of hydrogen-bond donors (Lipinski definition) is 3. The molecule has 1 aromatic carbocycles. The molecule has 0 atom stereocenters. The number of fused-ring (bicyclic) bond motifs is 1. The molecule has 8 nitrogen and oxygen atoms in total. The first-order valence-corrected chi connectivity index (χ1v) is 6.09. The molecule has 3 aromatic rings. The number of hydrogen-bond acceptors (Lipinski definition) is 8. The molecule has 0 saturated carbocycles. The van der Waals surface area contributed by atoms with Crippen molar-refractivity contribution in [1.29, 1.82) is 0 Å². The van der Waals surface area contributed by atoms with Crippen molar-refractivity contribution in [2.24, 2.45) is 0 Å². The summed E-state index contributed by atoms with van der Waals surface area (Å²) in [5.41, 5.74) is 19.2. The normalized spacial score (nSPS) is 10.2. The summed E-state index contributed by atoms with van der Waals surface area (Å²) in [7, 11) is 1.60. The van der Waals surface area contributed by atoms with Crippen LogP contribution in [0.2, 0.25) is 0 Å². The van der Waals surface area contributed by atoms with E-state index in [9.17, 15) is 0 Å². The third kappa shape index (κ3) is 2.63. The summed E-state index contributed by atoms with van der Waals surface area (Å²) in [6.07, 6.45) is 0. The molecule has 0 aliphatic rings. The molecule has 0 unspecified atom stereocenters. The van der Waals surface area contributed by atoms with Crippen molar-refractivity contribution in [2.75, 3.05) is 24.3 Å². The van der Waals surface area contributed by atoms with E-state index >= 15 is 0 Å². The maximum atomic E-state index is 5.94. The first-order chi connectivity index (χ1) is 10.1. The highest BCUT2D eigenvalue weighted by molar-refractivity contribution is 5.87. The molecule has 0 aliphatic carbocycles. The van der Waals surface area contributed by atoms with Crippen molar-refractivity contribution in [1.82, 2.24) is 19.9 Å².